The van der Waals surface area contributed by atoms with Crippen molar-refractivity contribution in [1.29, 1.82) is 5.26 Å². The minimum absolute atomic E-state index is 0.00273. The molecule has 34 heavy (non-hydrogen) atoms. The Morgan fingerprint density at radius 2 is 1.97 bits per heavy atom. The van der Waals surface area contributed by atoms with Crippen LogP contribution in [0.4, 0.5) is 17.6 Å². The number of amides is 1. The molecule has 1 aliphatic carbocycles. The highest BCUT2D eigenvalue weighted by atomic mass is 35.5. The molecule has 1 fully saturated rings. The van der Waals surface area contributed by atoms with Crippen molar-refractivity contribution in [2.45, 2.75) is 44.7 Å². The number of hydrogen-bond donors (Lipinski definition) is 4. The van der Waals surface area contributed by atoms with Gasteiger partial charge < -0.3 is 21.5 Å². The van der Waals surface area contributed by atoms with Crippen LogP contribution in [0.3, 0.4) is 0 Å². The van der Waals surface area contributed by atoms with Crippen molar-refractivity contribution in [2.75, 3.05) is 17.2 Å². The number of imidazole rings is 1. The van der Waals surface area contributed by atoms with E-state index in [1.807, 2.05) is 17.6 Å². The Morgan fingerprint density at radius 3 is 2.56 bits per heavy atom. The number of hydrogen-bond acceptors (Lipinski definition) is 8. The zero-order chi connectivity index (χ0) is 24.4. The molecule has 1 saturated carbocycles. The molecular weight excluding hydrogens is 479 g/mol. The number of nitrogens with two attached hydrogens (primary N) is 1. The van der Waals surface area contributed by atoms with E-state index in [9.17, 15) is 9.90 Å². The normalized spacial score (nSPS) is 18.9. The lowest BCUT2D eigenvalue weighted by Gasteiger charge is -2.29. The lowest BCUT2D eigenvalue weighted by Crippen LogP contribution is -2.29. The van der Waals surface area contributed by atoms with E-state index in [0.717, 1.165) is 0 Å². The Labute approximate surface area is 206 Å². The van der Waals surface area contributed by atoms with Crippen molar-refractivity contribution in [1.82, 2.24) is 19.5 Å². The van der Waals surface area contributed by atoms with Gasteiger partial charge in [0.1, 0.15) is 5.52 Å². The monoisotopic (exact) mass is 502 g/mol. The van der Waals surface area contributed by atoms with E-state index in [4.69, 9.17) is 34.2 Å². The lowest BCUT2D eigenvalue weighted by atomic mass is 9.85. The van der Waals surface area contributed by atoms with E-state index in [-0.39, 0.29) is 40.6 Å². The lowest BCUT2D eigenvalue weighted by molar-refractivity contribution is -0.122. The predicted molar refractivity (Wildman–Crippen MR) is 130 cm³/mol. The first-order valence-electron chi connectivity index (χ1n) is 10.9. The van der Waals surface area contributed by atoms with Crippen molar-refractivity contribution in [3.63, 3.8) is 0 Å². The highest BCUT2D eigenvalue weighted by Gasteiger charge is 2.29. The summed E-state index contributed by atoms with van der Waals surface area (Å²) < 4.78 is 1.97. The minimum Gasteiger partial charge on any atom is -0.394 e. The smallest absolute Gasteiger partial charge is 0.225 e. The number of halogens is 2. The number of aliphatic hydroxyl groups excluding tert-OH is 1. The van der Waals surface area contributed by atoms with Crippen LogP contribution >= 0.6 is 23.2 Å². The highest BCUT2D eigenvalue weighted by Crippen LogP contribution is 2.39. The molecule has 3 aromatic rings. The fourth-order valence-electron chi connectivity index (χ4n) is 4.15. The van der Waals surface area contributed by atoms with Crippen molar-refractivity contribution >= 4 is 57.9 Å². The van der Waals surface area contributed by atoms with Gasteiger partial charge in [-0.05, 0) is 44.7 Å². The molecule has 4 rings (SSSR count). The molecule has 0 saturated heterocycles. The third-order valence-electron chi connectivity index (χ3n) is 5.95. The van der Waals surface area contributed by atoms with Crippen LogP contribution in [0.25, 0.3) is 11.2 Å². The van der Waals surface area contributed by atoms with Crippen LogP contribution in [-0.4, -0.2) is 43.2 Å². The van der Waals surface area contributed by atoms with Crippen molar-refractivity contribution in [2.24, 2.45) is 11.7 Å². The molecule has 10 nitrogen and oxygen atoms in total. The molecule has 1 aliphatic rings. The molecule has 12 heteroatoms. The van der Waals surface area contributed by atoms with E-state index in [1.165, 1.54) is 12.1 Å². The maximum atomic E-state index is 11.7. The molecular formula is C22H24Cl2N8O2. The number of carbonyl (C=O) groups is 1. The molecule has 5 N–H and O–H groups in total. The maximum absolute atomic E-state index is 11.7. The molecule has 1 amide bonds. The Bertz CT molecular complexity index is 1240. The highest BCUT2D eigenvalue weighted by molar-refractivity contribution is 6.39. The largest absolute Gasteiger partial charge is 0.394 e. The number of benzene rings is 1. The number of fused-ring (bicyclic) bond motifs is 1. The van der Waals surface area contributed by atoms with Crippen LogP contribution < -0.4 is 16.4 Å². The number of carbonyl (C=O) groups excluding carboxylic acids is 1. The number of nitrogens with zero attached hydrogens (tertiary/aromatic N) is 5. The van der Waals surface area contributed by atoms with E-state index in [2.05, 4.69) is 25.6 Å². The molecule has 0 unspecified atom stereocenters. The number of rotatable bonds is 7. The fraction of sp³-hybridized carbons (Fsp3) is 0.409. The first-order chi connectivity index (χ1) is 16.3. The van der Waals surface area contributed by atoms with Gasteiger partial charge in [-0.15, -0.1) is 0 Å². The number of anilines is 3. The number of nitrogens with one attached hydrogen (secondary N) is 2. The van der Waals surface area contributed by atoms with Gasteiger partial charge in [-0.1, -0.05) is 23.2 Å². The van der Waals surface area contributed by atoms with E-state index in [0.29, 0.717) is 60.0 Å². The summed E-state index contributed by atoms with van der Waals surface area (Å²) >= 11 is 12.8. The summed E-state index contributed by atoms with van der Waals surface area (Å²) in [7, 11) is 0. The van der Waals surface area contributed by atoms with E-state index in [1.54, 1.807) is 6.20 Å². The summed E-state index contributed by atoms with van der Waals surface area (Å²) in [5.41, 5.74) is 7.43. The minimum atomic E-state index is -0.282. The summed E-state index contributed by atoms with van der Waals surface area (Å²) in [6.45, 7) is 1.75. The van der Waals surface area contributed by atoms with Crippen LogP contribution in [0, 0.1) is 17.2 Å². The summed E-state index contributed by atoms with van der Waals surface area (Å²) in [6, 6.07) is 4.85. The second-order valence-electron chi connectivity index (χ2n) is 8.40. The molecule has 0 aliphatic heterocycles. The standard InChI is InChI=1S/C22H24Cl2N8O2/c1-11(10-33)28-21-27-9-17-20(31-21)32(14-4-2-13(3-5-14)19(26)34)22(29-17)30-18-15(23)6-12(8-25)7-16(18)24/h6-7,9,11,13-14,33H,2-5,10H2,1H3,(H2,26,34)(H,29,30)(H,27,28,31)/t11-,13-,14-/m0/s1. The van der Waals surface area contributed by atoms with Crippen molar-refractivity contribution in [3.8, 4) is 6.07 Å². The Morgan fingerprint density at radius 1 is 1.29 bits per heavy atom. The summed E-state index contributed by atoms with van der Waals surface area (Å²) in [4.78, 5) is 25.3. The molecule has 178 valence electrons. The molecule has 0 bridgehead atoms. The molecule has 0 radical (unpaired) electrons. The Hall–Kier alpha value is -3.13. The summed E-state index contributed by atoms with van der Waals surface area (Å²) in [5, 5.41) is 25.4. The second-order valence-corrected chi connectivity index (χ2v) is 9.21. The van der Waals surface area contributed by atoms with Gasteiger partial charge in [-0.3, -0.25) is 9.36 Å². The summed E-state index contributed by atoms with van der Waals surface area (Å²) in [5.74, 6) is 0.395. The van der Waals surface area contributed by atoms with Crippen molar-refractivity contribution in [3.05, 3.63) is 33.9 Å². The van der Waals surface area contributed by atoms with Gasteiger partial charge in [-0.2, -0.15) is 10.2 Å². The third-order valence-corrected chi connectivity index (χ3v) is 6.55. The van der Waals surface area contributed by atoms with Gasteiger partial charge in [0.15, 0.2) is 5.65 Å². The second kappa shape index (κ2) is 10.0. The topological polar surface area (TPSA) is 155 Å². The Balaban J connectivity index is 1.77. The van der Waals surface area contributed by atoms with E-state index >= 15 is 0 Å². The fourth-order valence-corrected chi connectivity index (χ4v) is 4.73. The third kappa shape index (κ3) is 4.87. The average molecular weight is 503 g/mol. The molecule has 1 atom stereocenters. The van der Waals surface area contributed by atoms with Gasteiger partial charge in [0.2, 0.25) is 17.8 Å². The summed E-state index contributed by atoms with van der Waals surface area (Å²) in [6.07, 6.45) is 4.35. The Kier molecular flexibility index (Phi) is 7.07. The van der Waals surface area contributed by atoms with Gasteiger partial charge in [0, 0.05) is 18.0 Å². The number of aromatic nitrogens is 4. The average Bonchev–Trinajstić information content (AvgIpc) is 3.18. The zero-order valence-electron chi connectivity index (χ0n) is 18.4. The zero-order valence-corrected chi connectivity index (χ0v) is 19.9. The quantitative estimate of drug-likeness (QED) is 0.380. The van der Waals surface area contributed by atoms with Crippen LogP contribution in [0.5, 0.6) is 0 Å². The number of aliphatic hydroxyl groups is 1. The van der Waals surface area contributed by atoms with Gasteiger partial charge in [-0.25, -0.2) is 9.97 Å². The molecule has 1 aromatic carbocycles. The first kappa shape index (κ1) is 24.0. The number of primary amides is 1. The van der Waals surface area contributed by atoms with Crippen LogP contribution in [0.2, 0.25) is 10.0 Å². The van der Waals surface area contributed by atoms with Gasteiger partial charge >= 0.3 is 0 Å². The molecule has 0 spiro atoms. The van der Waals surface area contributed by atoms with Gasteiger partial charge in [0.05, 0.1) is 40.2 Å². The maximum Gasteiger partial charge on any atom is 0.225 e. The van der Waals surface area contributed by atoms with Crippen molar-refractivity contribution < 1.29 is 9.90 Å². The molecule has 2 aromatic heterocycles. The van der Waals surface area contributed by atoms with E-state index < -0.39 is 0 Å². The SMILES string of the molecule is C[C@@H](CO)Nc1ncc2nc(Nc3c(Cl)cc(C#N)cc3Cl)n([C@H]3CC[C@H](C(N)=O)CC3)c2n1. The molecule has 2 heterocycles. The first-order valence-corrected chi connectivity index (χ1v) is 11.6. The van der Waals surface area contributed by atoms with Crippen LogP contribution in [-0.2, 0) is 4.79 Å². The number of nitriles is 1. The van der Waals surface area contributed by atoms with Crippen LogP contribution in [0.1, 0.15) is 44.2 Å². The van der Waals surface area contributed by atoms with Gasteiger partial charge in [0.25, 0.3) is 0 Å². The predicted octanol–water partition coefficient (Wildman–Crippen LogP) is 3.76. The van der Waals surface area contributed by atoms with Crippen LogP contribution in [0.15, 0.2) is 18.3 Å².